The number of hydrogen-bond acceptors (Lipinski definition) is 7. The van der Waals surface area contributed by atoms with E-state index in [4.69, 9.17) is 9.47 Å². The van der Waals surface area contributed by atoms with Gasteiger partial charge in [0.15, 0.2) is 0 Å². The normalized spacial score (nSPS) is 11.7. The molecule has 0 fully saturated rings. The zero-order chi connectivity index (χ0) is 40.8. The third kappa shape index (κ3) is 33.0. The van der Waals surface area contributed by atoms with Gasteiger partial charge in [0.25, 0.3) is 0 Å². The van der Waals surface area contributed by atoms with E-state index in [2.05, 4.69) is 13.8 Å². The Morgan fingerprint density at radius 3 is 1.05 bits per heavy atom. The molecule has 0 radical (unpaired) electrons. The second-order valence-corrected chi connectivity index (χ2v) is 17.3. The van der Waals surface area contributed by atoms with Crippen molar-refractivity contribution in [2.45, 2.75) is 237 Å². The number of esters is 2. The maximum absolute atomic E-state index is 12.9. The van der Waals surface area contributed by atoms with Crippen LogP contribution in [0.4, 0.5) is 0 Å². The van der Waals surface area contributed by atoms with Gasteiger partial charge in [-0.05, 0) is 56.0 Å². The molecule has 0 heterocycles. The molecule has 0 spiro atoms. The fourth-order valence-electron chi connectivity index (χ4n) is 7.13. The topological polar surface area (TPSA) is 110 Å². The van der Waals surface area contributed by atoms with Gasteiger partial charge in [0.05, 0.1) is 28.5 Å². The smallest absolute Gasteiger partial charge is 0.744 e. The van der Waals surface area contributed by atoms with E-state index in [1.807, 2.05) is 0 Å². The van der Waals surface area contributed by atoms with Crippen LogP contribution in [0.3, 0.4) is 0 Å². The summed E-state index contributed by atoms with van der Waals surface area (Å²) in [6.07, 6.45) is 49.3. The number of carbonyl (C=O) groups is 2. The number of hydrogen-bond donors (Lipinski definition) is 0. The summed E-state index contributed by atoms with van der Waals surface area (Å²) in [5.74, 6) is -1.75. The summed E-state index contributed by atoms with van der Waals surface area (Å²) in [6.45, 7) is 4.53. The van der Waals surface area contributed by atoms with E-state index in [9.17, 15) is 22.6 Å². The molecule has 0 unspecified atom stereocenters. The number of unbranched alkanes of at least 4 members (excludes halogenated alkanes) is 32. The molecule has 322 valence electrons. The van der Waals surface area contributed by atoms with Crippen LogP contribution in [-0.4, -0.2) is 24.9 Å². The molecule has 0 bridgehead atoms. The van der Waals surface area contributed by atoms with Crippen LogP contribution in [0.2, 0.25) is 0 Å². The van der Waals surface area contributed by atoms with Gasteiger partial charge in [0, 0.05) is 0 Å². The van der Waals surface area contributed by atoms with E-state index in [1.165, 1.54) is 192 Å². The second kappa shape index (κ2) is 40.0. The third-order valence-corrected chi connectivity index (χ3v) is 11.5. The van der Waals surface area contributed by atoms with E-state index >= 15 is 0 Å². The van der Waals surface area contributed by atoms with E-state index in [0.29, 0.717) is 0 Å². The third-order valence-electron chi connectivity index (χ3n) is 10.7. The Hall–Kier alpha value is -1.45. The van der Waals surface area contributed by atoms with E-state index in [1.54, 1.807) is 12.2 Å². The van der Waals surface area contributed by atoms with Crippen molar-refractivity contribution in [3.05, 3.63) is 54.0 Å². The quantitative estimate of drug-likeness (QED) is 0.0214. The van der Waals surface area contributed by atoms with Crippen molar-refractivity contribution in [1.29, 1.82) is 0 Å². The van der Waals surface area contributed by atoms with Crippen LogP contribution in [0.5, 0.6) is 0 Å². The Kier molecular flexibility index (Phi) is 39.0. The van der Waals surface area contributed by atoms with Gasteiger partial charge in [-0.3, -0.25) is 0 Å². The van der Waals surface area contributed by atoms with Gasteiger partial charge in [-0.25, -0.2) is 18.0 Å². The first kappa shape index (κ1) is 55.5. The Balaban J connectivity index is 0.0000314. The van der Waals surface area contributed by atoms with Crippen molar-refractivity contribution in [3.8, 4) is 0 Å². The molecule has 1 aromatic rings. The first-order valence-electron chi connectivity index (χ1n) is 23.1. The molecule has 0 amide bonds. The number of rotatable bonds is 39. The summed E-state index contributed by atoms with van der Waals surface area (Å²) in [5.41, 5.74) is -0.495. The van der Waals surface area contributed by atoms with Crippen LogP contribution in [0.1, 0.15) is 253 Å². The molecule has 57 heavy (non-hydrogen) atoms. The second-order valence-electron chi connectivity index (χ2n) is 15.9. The number of carbonyl (C=O) groups excluding carboxylic acids is 2. The molecule has 0 aromatic heterocycles. The van der Waals surface area contributed by atoms with E-state index < -0.39 is 27.0 Å². The first-order valence-corrected chi connectivity index (χ1v) is 24.5. The molecule has 0 aliphatic rings. The molecule has 0 saturated heterocycles. The summed E-state index contributed by atoms with van der Waals surface area (Å²) in [4.78, 5) is 25.1. The largest absolute Gasteiger partial charge is 1.00 e. The SMILES string of the molecule is CCCCCCCCCCCCCCCCCC/C=C/OC(=O)c1ccc(S(=O)(=O)[O-])cc1C(=O)O/C=C/CCCCCCCCCCCCCCCCCC.[Na+]. The maximum atomic E-state index is 12.9. The van der Waals surface area contributed by atoms with Gasteiger partial charge in [-0.2, -0.15) is 0 Å². The minimum absolute atomic E-state index is 0. The van der Waals surface area contributed by atoms with Gasteiger partial charge in [0.1, 0.15) is 10.1 Å². The molecule has 0 saturated carbocycles. The molecule has 0 aliphatic heterocycles. The zero-order valence-electron chi connectivity index (χ0n) is 36.8. The van der Waals surface area contributed by atoms with Crippen molar-refractivity contribution in [2.24, 2.45) is 0 Å². The van der Waals surface area contributed by atoms with Crippen LogP contribution >= 0.6 is 0 Å². The number of allylic oxidation sites excluding steroid dienone is 2. The monoisotopic (exact) mass is 825 g/mol. The fraction of sp³-hybridized carbons (Fsp3) is 0.750. The van der Waals surface area contributed by atoms with Crippen LogP contribution in [0, 0.1) is 0 Å². The van der Waals surface area contributed by atoms with Crippen molar-refractivity contribution in [1.82, 2.24) is 0 Å². The van der Waals surface area contributed by atoms with Crippen molar-refractivity contribution >= 4 is 22.1 Å². The van der Waals surface area contributed by atoms with Crippen molar-refractivity contribution in [3.63, 3.8) is 0 Å². The average Bonchev–Trinajstić information content (AvgIpc) is 3.18. The molecule has 0 N–H and O–H groups in total. The summed E-state index contributed by atoms with van der Waals surface area (Å²) in [5, 5.41) is 0. The number of ether oxygens (including phenoxy) is 2. The first-order chi connectivity index (χ1) is 27.3. The van der Waals surface area contributed by atoms with Crippen LogP contribution < -0.4 is 29.6 Å². The van der Waals surface area contributed by atoms with E-state index in [0.717, 1.165) is 56.7 Å². The zero-order valence-corrected chi connectivity index (χ0v) is 39.7. The van der Waals surface area contributed by atoms with Crippen LogP contribution in [0.25, 0.3) is 0 Å². The van der Waals surface area contributed by atoms with Gasteiger partial charge in [-0.1, -0.05) is 206 Å². The summed E-state index contributed by atoms with van der Waals surface area (Å²) in [6, 6.07) is 3.00. The minimum Gasteiger partial charge on any atom is -0.744 e. The Morgan fingerprint density at radius 1 is 0.474 bits per heavy atom. The van der Waals surface area contributed by atoms with Crippen molar-refractivity contribution in [2.75, 3.05) is 0 Å². The Morgan fingerprint density at radius 2 is 0.754 bits per heavy atom. The molecule has 9 heteroatoms. The van der Waals surface area contributed by atoms with Gasteiger partial charge >= 0.3 is 41.5 Å². The average molecular weight is 825 g/mol. The van der Waals surface area contributed by atoms with Crippen LogP contribution in [-0.2, 0) is 19.6 Å². The van der Waals surface area contributed by atoms with Gasteiger partial charge < -0.3 is 14.0 Å². The van der Waals surface area contributed by atoms with Gasteiger partial charge in [-0.15, -0.1) is 0 Å². The predicted molar refractivity (Wildman–Crippen MR) is 232 cm³/mol. The minimum atomic E-state index is -4.84. The number of benzene rings is 1. The molecule has 1 rings (SSSR count). The molecule has 1 aromatic carbocycles. The molecular weight excluding hydrogens is 744 g/mol. The molecule has 0 atom stereocenters. The predicted octanol–water partition coefficient (Wildman–Crippen LogP) is 12.2. The summed E-state index contributed by atoms with van der Waals surface area (Å²) >= 11 is 0. The molecular formula is C48H81NaO7S. The summed E-state index contributed by atoms with van der Waals surface area (Å²) in [7, 11) is -4.84. The Bertz CT molecular complexity index is 1280. The van der Waals surface area contributed by atoms with Gasteiger partial charge in [0.2, 0.25) is 0 Å². The fourth-order valence-corrected chi connectivity index (χ4v) is 7.63. The standard InChI is InChI=1S/C48H82O7S.Na/c1-3-5-7-9-11-13-15-17-19-21-23-25-27-29-31-33-35-37-41-54-47(49)45-40-39-44(56(51,52)53)43-46(45)48(50)55-42-38-36-34-32-30-28-26-24-22-20-18-16-14-12-10-8-6-4-2;/h37-43H,3-36H2,1-2H3,(H,51,52,53);/q;+1/p-1/b41-37+,42-38+;. The van der Waals surface area contributed by atoms with Crippen LogP contribution in [0.15, 0.2) is 47.8 Å². The molecule has 0 aliphatic carbocycles. The van der Waals surface area contributed by atoms with Crippen molar-refractivity contribution < 1.29 is 61.6 Å². The Labute approximate surface area is 372 Å². The van der Waals surface area contributed by atoms with E-state index in [-0.39, 0.29) is 40.7 Å². The summed E-state index contributed by atoms with van der Waals surface area (Å²) < 4.78 is 45.4. The molecule has 7 nitrogen and oxygen atoms in total. The maximum Gasteiger partial charge on any atom is 1.00 e.